The highest BCUT2D eigenvalue weighted by atomic mass is 16.5. The second-order valence-electron chi connectivity index (χ2n) is 10.5. The molecule has 0 heterocycles. The van der Waals surface area contributed by atoms with Crippen LogP contribution in [0.15, 0.2) is 0 Å². The maximum absolute atomic E-state index is 12.3. The van der Waals surface area contributed by atoms with Crippen molar-refractivity contribution in [2.24, 2.45) is 35.0 Å². The first-order chi connectivity index (χ1) is 14.7. The van der Waals surface area contributed by atoms with E-state index in [2.05, 4.69) is 0 Å². The molecule has 0 saturated heterocycles. The molecule has 0 N–H and O–H groups in total. The molecular weight excluding hydrogens is 410 g/mol. The van der Waals surface area contributed by atoms with Crippen LogP contribution in [0.2, 0.25) is 0 Å². The van der Waals surface area contributed by atoms with Crippen LogP contribution in [-0.4, -0.2) is 62.3 Å². The van der Waals surface area contributed by atoms with Crippen LogP contribution in [0.4, 0.5) is 0 Å². The number of nitrogens with zero attached hydrogens (tertiary/aromatic N) is 1. The molecule has 0 aliphatic heterocycles. The van der Waals surface area contributed by atoms with Crippen molar-refractivity contribution in [3.05, 3.63) is 0 Å². The van der Waals surface area contributed by atoms with E-state index in [4.69, 9.17) is 14.2 Å². The molecule has 0 aromatic heterocycles. The van der Waals surface area contributed by atoms with Crippen molar-refractivity contribution < 1.29 is 28.6 Å². The van der Waals surface area contributed by atoms with E-state index in [9.17, 15) is 14.4 Å². The topological polar surface area (TPSA) is 82.1 Å². The second-order valence-corrected chi connectivity index (χ2v) is 10.5. The lowest BCUT2D eigenvalue weighted by Gasteiger charge is -2.26. The molecule has 7 nitrogen and oxygen atoms in total. The van der Waals surface area contributed by atoms with Crippen molar-refractivity contribution in [1.82, 2.24) is 4.90 Å². The molecular formula is C25H47NO6. The highest BCUT2D eigenvalue weighted by molar-refractivity contribution is 5.73. The van der Waals surface area contributed by atoms with Crippen molar-refractivity contribution >= 4 is 17.9 Å². The second kappa shape index (κ2) is 14.5. The molecule has 0 fully saturated rings. The van der Waals surface area contributed by atoms with Gasteiger partial charge in [0, 0.05) is 19.6 Å². The predicted octanol–water partition coefficient (Wildman–Crippen LogP) is 4.18. The van der Waals surface area contributed by atoms with Gasteiger partial charge in [-0.1, -0.05) is 69.2 Å². The van der Waals surface area contributed by atoms with Crippen LogP contribution in [0.1, 0.15) is 69.2 Å². The molecule has 7 heteroatoms. The van der Waals surface area contributed by atoms with Gasteiger partial charge in [-0.15, -0.1) is 0 Å². The van der Waals surface area contributed by atoms with E-state index in [1.165, 1.54) is 0 Å². The summed E-state index contributed by atoms with van der Waals surface area (Å²) >= 11 is 0. The summed E-state index contributed by atoms with van der Waals surface area (Å²) in [5, 5.41) is 0. The minimum Gasteiger partial charge on any atom is -0.464 e. The van der Waals surface area contributed by atoms with Crippen molar-refractivity contribution in [1.29, 1.82) is 0 Å². The van der Waals surface area contributed by atoms with Gasteiger partial charge in [0.25, 0.3) is 0 Å². The van der Waals surface area contributed by atoms with Crippen molar-refractivity contribution in [3.8, 4) is 0 Å². The van der Waals surface area contributed by atoms with E-state index in [-0.39, 0.29) is 72.7 Å². The molecule has 3 unspecified atom stereocenters. The van der Waals surface area contributed by atoms with Crippen LogP contribution in [0, 0.1) is 35.0 Å². The molecule has 0 aromatic carbocycles. The standard InChI is InChI=1S/C25H47NO6/c1-17(2)19(5)22(27)30-14-11-26(12-15-31-23(28)20(6)18(3)4)13-16-32-24(29)21(7)25(8,9)10/h17-21H,11-16H2,1-10H3. The smallest absolute Gasteiger partial charge is 0.309 e. The number of ether oxygens (including phenoxy) is 3. The Hall–Kier alpha value is -1.63. The van der Waals surface area contributed by atoms with Crippen LogP contribution in [0.25, 0.3) is 0 Å². The monoisotopic (exact) mass is 457 g/mol. The first kappa shape index (κ1) is 30.4. The normalized spacial score (nSPS) is 14.9. The fourth-order valence-electron chi connectivity index (χ4n) is 2.45. The highest BCUT2D eigenvalue weighted by Crippen LogP contribution is 2.26. The minimum atomic E-state index is -0.230. The van der Waals surface area contributed by atoms with Crippen molar-refractivity contribution in [2.75, 3.05) is 39.5 Å². The third-order valence-electron chi connectivity index (χ3n) is 6.35. The van der Waals surface area contributed by atoms with Crippen molar-refractivity contribution in [3.63, 3.8) is 0 Å². The van der Waals surface area contributed by atoms with Crippen LogP contribution in [0.5, 0.6) is 0 Å². The van der Waals surface area contributed by atoms with Crippen molar-refractivity contribution in [2.45, 2.75) is 69.2 Å². The Kier molecular flexibility index (Phi) is 13.8. The van der Waals surface area contributed by atoms with Gasteiger partial charge < -0.3 is 14.2 Å². The fraction of sp³-hybridized carbons (Fsp3) is 0.880. The molecule has 0 radical (unpaired) electrons. The highest BCUT2D eigenvalue weighted by Gasteiger charge is 2.28. The Bertz CT molecular complexity index is 549. The maximum atomic E-state index is 12.3. The van der Waals surface area contributed by atoms with E-state index in [1.54, 1.807) is 0 Å². The zero-order valence-electron chi connectivity index (χ0n) is 22.0. The van der Waals surface area contributed by atoms with Gasteiger partial charge >= 0.3 is 17.9 Å². The van der Waals surface area contributed by atoms with E-state index in [0.29, 0.717) is 19.6 Å². The summed E-state index contributed by atoms with van der Waals surface area (Å²) in [4.78, 5) is 38.5. The van der Waals surface area contributed by atoms with Gasteiger partial charge in [-0.05, 0) is 17.3 Å². The van der Waals surface area contributed by atoms with Gasteiger partial charge in [-0.25, -0.2) is 0 Å². The Labute approximate surface area is 195 Å². The van der Waals surface area contributed by atoms with E-state index in [0.717, 1.165) is 0 Å². The SMILES string of the molecule is CC(C)C(C)C(=O)OCCN(CCOC(=O)C(C)C(C)C)CCOC(=O)C(C)C(C)(C)C. The molecule has 0 amide bonds. The number of hydrogen-bond donors (Lipinski definition) is 0. The molecule has 0 rings (SSSR count). The lowest BCUT2D eigenvalue weighted by molar-refractivity contribution is -0.152. The largest absolute Gasteiger partial charge is 0.464 e. The molecule has 0 aliphatic rings. The summed E-state index contributed by atoms with van der Waals surface area (Å²) in [6.07, 6.45) is 0. The van der Waals surface area contributed by atoms with Gasteiger partial charge in [0.15, 0.2) is 0 Å². The molecule has 188 valence electrons. The molecule has 32 heavy (non-hydrogen) atoms. The summed E-state index contributed by atoms with van der Waals surface area (Å²) in [7, 11) is 0. The van der Waals surface area contributed by atoms with Gasteiger partial charge in [-0.2, -0.15) is 0 Å². The average Bonchev–Trinajstić information content (AvgIpc) is 2.70. The molecule has 3 atom stereocenters. The maximum Gasteiger partial charge on any atom is 0.309 e. The van der Waals surface area contributed by atoms with Gasteiger partial charge in [-0.3, -0.25) is 19.3 Å². The fourth-order valence-corrected chi connectivity index (χ4v) is 2.45. The summed E-state index contributed by atoms with van der Waals surface area (Å²) < 4.78 is 16.3. The number of carbonyl (C=O) groups is 3. The molecule has 0 bridgehead atoms. The van der Waals surface area contributed by atoms with Crippen LogP contribution in [-0.2, 0) is 28.6 Å². The third kappa shape index (κ3) is 11.8. The third-order valence-corrected chi connectivity index (χ3v) is 6.35. The Morgan fingerprint density at radius 1 is 0.625 bits per heavy atom. The Morgan fingerprint density at radius 2 is 0.938 bits per heavy atom. The Morgan fingerprint density at radius 3 is 1.22 bits per heavy atom. The predicted molar refractivity (Wildman–Crippen MR) is 126 cm³/mol. The van der Waals surface area contributed by atoms with E-state index in [1.807, 2.05) is 74.1 Å². The van der Waals surface area contributed by atoms with Gasteiger partial charge in [0.1, 0.15) is 19.8 Å². The molecule has 0 saturated carbocycles. The first-order valence-corrected chi connectivity index (χ1v) is 11.9. The Balaban J connectivity index is 4.72. The molecule has 0 spiro atoms. The summed E-state index contributed by atoms with van der Waals surface area (Å²) in [6, 6.07) is 0. The first-order valence-electron chi connectivity index (χ1n) is 11.9. The molecule has 0 aromatic rings. The van der Waals surface area contributed by atoms with Gasteiger partial charge in [0.2, 0.25) is 0 Å². The molecule has 0 aliphatic carbocycles. The zero-order chi connectivity index (χ0) is 25.1. The lowest BCUT2D eigenvalue weighted by atomic mass is 9.82. The summed E-state index contributed by atoms with van der Waals surface area (Å²) in [5.41, 5.74) is -0.167. The van der Waals surface area contributed by atoms with Crippen LogP contribution >= 0.6 is 0 Å². The number of rotatable bonds is 14. The average molecular weight is 458 g/mol. The quantitative estimate of drug-likeness (QED) is 0.286. The number of carbonyl (C=O) groups excluding carboxylic acids is 3. The van der Waals surface area contributed by atoms with Crippen LogP contribution < -0.4 is 0 Å². The van der Waals surface area contributed by atoms with E-state index < -0.39 is 0 Å². The van der Waals surface area contributed by atoms with E-state index >= 15 is 0 Å². The number of esters is 3. The summed E-state index contributed by atoms with van der Waals surface area (Å²) in [5.74, 6) is -0.788. The zero-order valence-corrected chi connectivity index (χ0v) is 22.0. The lowest BCUT2D eigenvalue weighted by Crippen LogP contribution is -2.37. The number of hydrogen-bond acceptors (Lipinski definition) is 7. The summed E-state index contributed by atoms with van der Waals surface area (Å²) in [6.45, 7) is 21.6. The van der Waals surface area contributed by atoms with Crippen LogP contribution in [0.3, 0.4) is 0 Å². The minimum absolute atomic E-state index is 0.165. The van der Waals surface area contributed by atoms with Gasteiger partial charge in [0.05, 0.1) is 17.8 Å².